The number of fused-ring (bicyclic) bond motifs is 3. The third-order valence-electron chi connectivity index (χ3n) is 8.78. The highest BCUT2D eigenvalue weighted by atomic mass is 32.2. The molecule has 2 nitrogen and oxygen atoms in total. The van der Waals surface area contributed by atoms with Gasteiger partial charge >= 0.3 is 0 Å². The second kappa shape index (κ2) is 10.6. The lowest BCUT2D eigenvalue weighted by atomic mass is 9.77. The van der Waals surface area contributed by atoms with Crippen LogP contribution in [-0.2, 0) is 5.41 Å². The highest BCUT2D eigenvalue weighted by Gasteiger charge is 2.32. The van der Waals surface area contributed by atoms with E-state index in [1.165, 1.54) is 43.2 Å². The Balaban J connectivity index is 1.08. The van der Waals surface area contributed by atoms with Crippen LogP contribution in [-0.4, -0.2) is 9.97 Å². The number of para-hydroxylation sites is 1. The molecule has 7 aromatic rings. The molecule has 0 spiro atoms. The van der Waals surface area contributed by atoms with Crippen LogP contribution in [0.25, 0.3) is 55.8 Å². The maximum Gasteiger partial charge on any atom is 0.160 e. The van der Waals surface area contributed by atoms with Gasteiger partial charge in [-0.25, -0.2) is 9.97 Å². The molecule has 0 bridgehead atoms. The number of aromatic nitrogens is 2. The Labute approximate surface area is 262 Å². The summed E-state index contributed by atoms with van der Waals surface area (Å²) in [5, 5.41) is 1.06. The van der Waals surface area contributed by atoms with Crippen molar-refractivity contribution in [2.75, 3.05) is 0 Å². The van der Waals surface area contributed by atoms with Crippen molar-refractivity contribution < 1.29 is 0 Å². The van der Waals surface area contributed by atoms with Crippen molar-refractivity contribution in [3.63, 3.8) is 0 Å². The first-order chi connectivity index (χ1) is 21.5. The molecule has 210 valence electrons. The molecule has 1 aliphatic rings. The van der Waals surface area contributed by atoms with E-state index < -0.39 is 0 Å². The standard InChI is InChI=1S/C41H30N2S/c1-41(2)34-13-7-9-15-37(34)44-38-26-32(24-25-35(38)41)29-18-16-27(17-19-29)28-20-22-31(23-21-28)40-42-36-14-8-6-12-33(36)39(43-40)30-10-4-3-5-11-30/h3-26H,1-2H3. The maximum atomic E-state index is 5.03. The molecule has 0 amide bonds. The van der Waals surface area contributed by atoms with Gasteiger partial charge in [-0.2, -0.15) is 0 Å². The smallest absolute Gasteiger partial charge is 0.160 e. The second-order valence-corrected chi connectivity index (χ2v) is 13.0. The van der Waals surface area contributed by atoms with Crippen LogP contribution in [0.5, 0.6) is 0 Å². The SMILES string of the molecule is CC1(C)c2ccccc2Sc2cc(-c3ccc(-c4ccc(-c5nc(-c6ccccc6)c6ccccc6n5)cc4)cc3)ccc21. The molecule has 0 N–H and O–H groups in total. The van der Waals surface area contributed by atoms with Gasteiger partial charge in [-0.05, 0) is 51.6 Å². The van der Waals surface area contributed by atoms with Crippen molar-refractivity contribution in [2.24, 2.45) is 0 Å². The molecule has 0 saturated carbocycles. The van der Waals surface area contributed by atoms with E-state index in [0.29, 0.717) is 0 Å². The third kappa shape index (κ3) is 4.61. The molecule has 0 saturated heterocycles. The van der Waals surface area contributed by atoms with Crippen molar-refractivity contribution in [3.05, 3.63) is 157 Å². The topological polar surface area (TPSA) is 25.8 Å². The maximum absolute atomic E-state index is 5.03. The first kappa shape index (κ1) is 26.6. The molecule has 0 radical (unpaired) electrons. The van der Waals surface area contributed by atoms with E-state index in [2.05, 4.69) is 141 Å². The predicted molar refractivity (Wildman–Crippen MR) is 184 cm³/mol. The minimum atomic E-state index is -0.00721. The Hall–Kier alpha value is -4.99. The summed E-state index contributed by atoms with van der Waals surface area (Å²) >= 11 is 1.88. The molecule has 0 fully saturated rings. The Morgan fingerprint density at radius 3 is 1.77 bits per heavy atom. The molecule has 8 rings (SSSR count). The zero-order valence-corrected chi connectivity index (χ0v) is 25.5. The van der Waals surface area contributed by atoms with E-state index in [0.717, 1.165) is 33.5 Å². The van der Waals surface area contributed by atoms with Crippen molar-refractivity contribution >= 4 is 22.7 Å². The zero-order chi connectivity index (χ0) is 29.7. The fourth-order valence-corrected chi connectivity index (χ4v) is 7.76. The van der Waals surface area contributed by atoms with E-state index >= 15 is 0 Å². The van der Waals surface area contributed by atoms with Crippen LogP contribution in [0.4, 0.5) is 0 Å². The first-order valence-corrected chi connectivity index (χ1v) is 15.8. The number of rotatable bonds is 4. The van der Waals surface area contributed by atoms with Gasteiger partial charge in [-0.1, -0.05) is 153 Å². The summed E-state index contributed by atoms with van der Waals surface area (Å²) < 4.78 is 0. The highest BCUT2D eigenvalue weighted by molar-refractivity contribution is 7.99. The predicted octanol–water partition coefficient (Wildman–Crippen LogP) is 11.1. The van der Waals surface area contributed by atoms with Gasteiger partial charge in [0.15, 0.2) is 5.82 Å². The largest absolute Gasteiger partial charge is 0.228 e. The minimum Gasteiger partial charge on any atom is -0.228 e. The van der Waals surface area contributed by atoms with Crippen molar-refractivity contribution in [1.82, 2.24) is 9.97 Å². The molecule has 44 heavy (non-hydrogen) atoms. The van der Waals surface area contributed by atoms with Gasteiger partial charge in [0, 0.05) is 31.7 Å². The average molecular weight is 583 g/mol. The van der Waals surface area contributed by atoms with Crippen LogP contribution >= 0.6 is 11.8 Å². The van der Waals surface area contributed by atoms with E-state index in [1.54, 1.807) is 0 Å². The van der Waals surface area contributed by atoms with Gasteiger partial charge in [-0.15, -0.1) is 0 Å². The molecule has 1 aromatic heterocycles. The van der Waals surface area contributed by atoms with Gasteiger partial charge in [-0.3, -0.25) is 0 Å². The molecule has 1 aliphatic heterocycles. The molecule has 6 aromatic carbocycles. The van der Waals surface area contributed by atoms with E-state index in [4.69, 9.17) is 9.97 Å². The fraction of sp³-hybridized carbons (Fsp3) is 0.0732. The Bertz CT molecular complexity index is 2150. The van der Waals surface area contributed by atoms with Crippen molar-refractivity contribution in [2.45, 2.75) is 29.1 Å². The fourth-order valence-electron chi connectivity index (χ4n) is 6.33. The van der Waals surface area contributed by atoms with E-state index in [9.17, 15) is 0 Å². The van der Waals surface area contributed by atoms with Crippen LogP contribution in [0.2, 0.25) is 0 Å². The van der Waals surface area contributed by atoms with Crippen LogP contribution < -0.4 is 0 Å². The molecular formula is C41H30N2S. The Morgan fingerprint density at radius 1 is 0.455 bits per heavy atom. The zero-order valence-electron chi connectivity index (χ0n) is 24.7. The summed E-state index contributed by atoms with van der Waals surface area (Å²) in [6, 6.07) is 51.8. The Kier molecular flexibility index (Phi) is 6.43. The quantitative estimate of drug-likeness (QED) is 0.206. The summed E-state index contributed by atoms with van der Waals surface area (Å²) in [5.74, 6) is 0.737. The van der Waals surface area contributed by atoms with Crippen molar-refractivity contribution in [3.8, 4) is 44.9 Å². The van der Waals surface area contributed by atoms with Gasteiger partial charge in [0.05, 0.1) is 11.2 Å². The van der Waals surface area contributed by atoms with E-state index in [1.807, 2.05) is 30.0 Å². The molecule has 0 aliphatic carbocycles. The van der Waals surface area contributed by atoms with Crippen LogP contribution in [0.1, 0.15) is 25.0 Å². The highest BCUT2D eigenvalue weighted by Crippen LogP contribution is 2.49. The van der Waals surface area contributed by atoms with Crippen LogP contribution in [0.3, 0.4) is 0 Å². The molecule has 3 heteroatoms. The van der Waals surface area contributed by atoms with Gasteiger partial charge in [0.1, 0.15) is 0 Å². The first-order valence-electron chi connectivity index (χ1n) is 15.0. The number of hydrogen-bond acceptors (Lipinski definition) is 3. The molecular weight excluding hydrogens is 553 g/mol. The van der Waals surface area contributed by atoms with Gasteiger partial charge < -0.3 is 0 Å². The molecule has 0 unspecified atom stereocenters. The summed E-state index contributed by atoms with van der Waals surface area (Å²) in [5.41, 5.74) is 11.6. The van der Waals surface area contributed by atoms with Crippen molar-refractivity contribution in [1.29, 1.82) is 0 Å². The summed E-state index contributed by atoms with van der Waals surface area (Å²) in [6.45, 7) is 4.66. The monoisotopic (exact) mass is 582 g/mol. The van der Waals surface area contributed by atoms with Gasteiger partial charge in [0.25, 0.3) is 0 Å². The lowest BCUT2D eigenvalue weighted by Crippen LogP contribution is -2.23. The summed E-state index contributed by atoms with van der Waals surface area (Å²) in [4.78, 5) is 12.6. The van der Waals surface area contributed by atoms with E-state index in [-0.39, 0.29) is 5.41 Å². The van der Waals surface area contributed by atoms with Crippen LogP contribution in [0, 0.1) is 0 Å². The number of nitrogens with zero attached hydrogens (tertiary/aromatic N) is 2. The lowest BCUT2D eigenvalue weighted by molar-refractivity contribution is 0.607. The number of hydrogen-bond donors (Lipinski definition) is 0. The Morgan fingerprint density at radius 2 is 1.02 bits per heavy atom. The lowest BCUT2D eigenvalue weighted by Gasteiger charge is -2.34. The van der Waals surface area contributed by atoms with Gasteiger partial charge in [0.2, 0.25) is 0 Å². The van der Waals surface area contributed by atoms with Crippen LogP contribution in [0.15, 0.2) is 155 Å². The number of benzene rings is 6. The summed E-state index contributed by atoms with van der Waals surface area (Å²) in [6.07, 6.45) is 0. The normalized spacial score (nSPS) is 13.3. The average Bonchev–Trinajstić information content (AvgIpc) is 3.08. The third-order valence-corrected chi connectivity index (χ3v) is 9.91. The summed E-state index contributed by atoms with van der Waals surface area (Å²) in [7, 11) is 0. The molecule has 2 heterocycles. The molecule has 0 atom stereocenters. The second-order valence-electron chi connectivity index (χ2n) is 11.9. The minimum absolute atomic E-state index is 0.00721.